The second-order valence-corrected chi connectivity index (χ2v) is 4.26. The molecule has 0 bridgehead atoms. The zero-order valence-corrected chi connectivity index (χ0v) is 9.15. The zero-order chi connectivity index (χ0) is 10.4. The van der Waals surface area contributed by atoms with Crippen molar-refractivity contribution in [3.8, 4) is 0 Å². The van der Waals surface area contributed by atoms with Crippen molar-refractivity contribution in [1.29, 1.82) is 0 Å². The van der Waals surface area contributed by atoms with Gasteiger partial charge < -0.3 is 15.1 Å². The number of unbranched alkanes of at least 4 members (excludes halogenated alkanes) is 1. The van der Waals surface area contributed by atoms with Gasteiger partial charge in [-0.15, -0.1) is 0 Å². The summed E-state index contributed by atoms with van der Waals surface area (Å²) in [5, 5.41) is 18.4. The Balaban J connectivity index is 2.21. The minimum absolute atomic E-state index is 0.0888. The third kappa shape index (κ3) is 3.56. The van der Waals surface area contributed by atoms with E-state index in [0.29, 0.717) is 12.5 Å². The molecule has 2 atom stereocenters. The first kappa shape index (κ1) is 12.0. The second-order valence-electron chi connectivity index (χ2n) is 4.26. The molecule has 3 heteroatoms. The van der Waals surface area contributed by atoms with E-state index < -0.39 is 0 Å². The summed E-state index contributed by atoms with van der Waals surface area (Å²) >= 11 is 0. The Kier molecular flexibility index (Phi) is 5.45. The maximum atomic E-state index is 9.69. The number of nitrogens with zero attached hydrogens (tertiary/aromatic N) is 1. The van der Waals surface area contributed by atoms with Crippen LogP contribution in [0.2, 0.25) is 0 Å². The van der Waals surface area contributed by atoms with Gasteiger partial charge in [-0.2, -0.15) is 0 Å². The van der Waals surface area contributed by atoms with Gasteiger partial charge in [0.1, 0.15) is 0 Å². The highest BCUT2D eigenvalue weighted by atomic mass is 16.3. The van der Waals surface area contributed by atoms with Gasteiger partial charge in [0, 0.05) is 19.7 Å². The Morgan fingerprint density at radius 3 is 2.79 bits per heavy atom. The predicted octanol–water partition coefficient (Wildman–Crippen LogP) is 0.852. The minimum atomic E-state index is -0.0888. The summed E-state index contributed by atoms with van der Waals surface area (Å²) in [6.45, 7) is 5.56. The first-order valence-electron chi connectivity index (χ1n) is 5.79. The molecule has 1 rings (SSSR count). The van der Waals surface area contributed by atoms with Crippen LogP contribution in [0.4, 0.5) is 0 Å². The Hall–Kier alpha value is -0.120. The fourth-order valence-corrected chi connectivity index (χ4v) is 2.15. The largest absolute Gasteiger partial charge is 0.396 e. The Morgan fingerprint density at radius 1 is 1.36 bits per heavy atom. The highest BCUT2D eigenvalue weighted by molar-refractivity contribution is 4.78. The van der Waals surface area contributed by atoms with Gasteiger partial charge in [0.05, 0.1) is 6.10 Å². The van der Waals surface area contributed by atoms with Gasteiger partial charge >= 0.3 is 0 Å². The van der Waals surface area contributed by atoms with Gasteiger partial charge in [-0.3, -0.25) is 0 Å². The highest BCUT2D eigenvalue weighted by Gasteiger charge is 2.25. The van der Waals surface area contributed by atoms with Crippen LogP contribution in [-0.2, 0) is 0 Å². The maximum absolute atomic E-state index is 9.69. The molecule has 2 unspecified atom stereocenters. The number of hydrogen-bond donors (Lipinski definition) is 2. The van der Waals surface area contributed by atoms with Crippen LogP contribution in [0.25, 0.3) is 0 Å². The van der Waals surface area contributed by atoms with Gasteiger partial charge in [0.25, 0.3) is 0 Å². The summed E-state index contributed by atoms with van der Waals surface area (Å²) in [6, 6.07) is 0. The topological polar surface area (TPSA) is 43.7 Å². The van der Waals surface area contributed by atoms with E-state index >= 15 is 0 Å². The van der Waals surface area contributed by atoms with Crippen LogP contribution in [0.15, 0.2) is 0 Å². The van der Waals surface area contributed by atoms with E-state index in [1.807, 2.05) is 0 Å². The monoisotopic (exact) mass is 201 g/mol. The van der Waals surface area contributed by atoms with Crippen LogP contribution >= 0.6 is 0 Å². The lowest BCUT2D eigenvalue weighted by Gasteiger charge is -2.35. The minimum Gasteiger partial charge on any atom is -0.396 e. The van der Waals surface area contributed by atoms with Crippen LogP contribution in [0, 0.1) is 5.92 Å². The van der Waals surface area contributed by atoms with E-state index in [9.17, 15) is 5.11 Å². The SMILES string of the molecule is CCC1CN(CCCCO)CCC1O. The summed E-state index contributed by atoms with van der Waals surface area (Å²) in [5.41, 5.74) is 0. The van der Waals surface area contributed by atoms with Gasteiger partial charge in [0.15, 0.2) is 0 Å². The fourth-order valence-electron chi connectivity index (χ4n) is 2.15. The molecule has 2 N–H and O–H groups in total. The summed E-state index contributed by atoms with van der Waals surface area (Å²) < 4.78 is 0. The van der Waals surface area contributed by atoms with Crippen molar-refractivity contribution in [2.75, 3.05) is 26.2 Å². The fraction of sp³-hybridized carbons (Fsp3) is 1.00. The smallest absolute Gasteiger partial charge is 0.0592 e. The zero-order valence-electron chi connectivity index (χ0n) is 9.15. The van der Waals surface area contributed by atoms with Gasteiger partial charge in [0.2, 0.25) is 0 Å². The average molecular weight is 201 g/mol. The lowest BCUT2D eigenvalue weighted by molar-refractivity contribution is 0.0243. The summed E-state index contributed by atoms with van der Waals surface area (Å²) in [4.78, 5) is 2.41. The summed E-state index contributed by atoms with van der Waals surface area (Å²) in [7, 11) is 0. The van der Waals surface area contributed by atoms with Crippen LogP contribution in [-0.4, -0.2) is 47.5 Å². The van der Waals surface area contributed by atoms with E-state index in [0.717, 1.165) is 45.3 Å². The van der Waals surface area contributed by atoms with Crippen molar-refractivity contribution in [2.45, 2.75) is 38.7 Å². The second kappa shape index (κ2) is 6.38. The quantitative estimate of drug-likeness (QED) is 0.648. The van der Waals surface area contributed by atoms with Crippen molar-refractivity contribution in [3.63, 3.8) is 0 Å². The Labute approximate surface area is 86.7 Å². The molecule has 0 saturated carbocycles. The lowest BCUT2D eigenvalue weighted by atomic mass is 9.92. The summed E-state index contributed by atoms with van der Waals surface area (Å²) in [5.74, 6) is 0.456. The number of aliphatic hydroxyl groups excluding tert-OH is 2. The van der Waals surface area contributed by atoms with E-state index in [1.165, 1.54) is 0 Å². The molecular weight excluding hydrogens is 178 g/mol. The van der Waals surface area contributed by atoms with Gasteiger partial charge in [-0.05, 0) is 38.1 Å². The number of piperidine rings is 1. The van der Waals surface area contributed by atoms with Crippen molar-refractivity contribution >= 4 is 0 Å². The standard InChI is InChI=1S/C11H23NO2/c1-2-10-9-12(6-3-4-8-13)7-5-11(10)14/h10-11,13-14H,2-9H2,1H3. The van der Waals surface area contributed by atoms with Crippen LogP contribution in [0.5, 0.6) is 0 Å². The highest BCUT2D eigenvalue weighted by Crippen LogP contribution is 2.20. The lowest BCUT2D eigenvalue weighted by Crippen LogP contribution is -2.43. The molecule has 0 aliphatic carbocycles. The van der Waals surface area contributed by atoms with Crippen molar-refractivity contribution in [3.05, 3.63) is 0 Å². The third-order valence-electron chi connectivity index (χ3n) is 3.18. The molecule has 84 valence electrons. The molecule has 0 aromatic rings. The number of rotatable bonds is 5. The predicted molar refractivity (Wildman–Crippen MR) is 57.2 cm³/mol. The Morgan fingerprint density at radius 2 is 2.14 bits per heavy atom. The normalized spacial score (nSPS) is 29.4. The number of hydrogen-bond acceptors (Lipinski definition) is 3. The molecule has 1 aliphatic heterocycles. The average Bonchev–Trinajstić information content (AvgIpc) is 2.21. The summed E-state index contributed by atoms with van der Waals surface area (Å²) in [6.07, 6.45) is 3.86. The van der Waals surface area contributed by atoms with Crippen LogP contribution in [0.1, 0.15) is 32.6 Å². The first-order chi connectivity index (χ1) is 6.77. The molecule has 0 aromatic heterocycles. The molecule has 3 nitrogen and oxygen atoms in total. The van der Waals surface area contributed by atoms with Crippen molar-refractivity contribution in [2.24, 2.45) is 5.92 Å². The molecule has 1 saturated heterocycles. The molecular formula is C11H23NO2. The molecule has 1 aliphatic rings. The van der Waals surface area contributed by atoms with Gasteiger partial charge in [-0.1, -0.05) is 6.92 Å². The van der Waals surface area contributed by atoms with Crippen LogP contribution < -0.4 is 0 Å². The molecule has 1 heterocycles. The van der Waals surface area contributed by atoms with Crippen molar-refractivity contribution < 1.29 is 10.2 Å². The number of likely N-dealkylation sites (tertiary alicyclic amines) is 1. The Bertz CT molecular complexity index is 152. The molecule has 0 amide bonds. The van der Waals surface area contributed by atoms with E-state index in [1.54, 1.807) is 0 Å². The molecule has 14 heavy (non-hydrogen) atoms. The molecule has 0 radical (unpaired) electrons. The van der Waals surface area contributed by atoms with Gasteiger partial charge in [-0.25, -0.2) is 0 Å². The molecule has 1 fully saturated rings. The van der Waals surface area contributed by atoms with E-state index in [4.69, 9.17) is 5.11 Å². The van der Waals surface area contributed by atoms with Crippen LogP contribution in [0.3, 0.4) is 0 Å². The maximum Gasteiger partial charge on any atom is 0.0592 e. The molecule has 0 spiro atoms. The first-order valence-corrected chi connectivity index (χ1v) is 5.79. The van der Waals surface area contributed by atoms with Crippen molar-refractivity contribution in [1.82, 2.24) is 4.90 Å². The third-order valence-corrected chi connectivity index (χ3v) is 3.18. The van der Waals surface area contributed by atoms with E-state index in [2.05, 4.69) is 11.8 Å². The number of aliphatic hydroxyl groups is 2. The molecule has 0 aromatic carbocycles. The van der Waals surface area contributed by atoms with E-state index in [-0.39, 0.29) is 6.10 Å².